The summed E-state index contributed by atoms with van der Waals surface area (Å²) in [5.41, 5.74) is 1.72. The third kappa shape index (κ3) is 4.66. The second kappa shape index (κ2) is 8.24. The summed E-state index contributed by atoms with van der Waals surface area (Å²) in [5.74, 6) is 1.02. The van der Waals surface area contributed by atoms with Crippen molar-refractivity contribution in [3.8, 4) is 11.6 Å². The Kier molecular flexibility index (Phi) is 5.58. The van der Waals surface area contributed by atoms with Crippen LogP contribution in [0.3, 0.4) is 0 Å². The van der Waals surface area contributed by atoms with E-state index in [0.717, 1.165) is 11.3 Å². The molecule has 0 unspecified atom stereocenters. The van der Waals surface area contributed by atoms with E-state index < -0.39 is 0 Å². The maximum Gasteiger partial charge on any atom is 0.224 e. The summed E-state index contributed by atoms with van der Waals surface area (Å²) in [5, 5.41) is 2.92. The Hall–Kier alpha value is -3.22. The van der Waals surface area contributed by atoms with Crippen LogP contribution in [-0.2, 0) is 11.3 Å². The van der Waals surface area contributed by atoms with E-state index in [1.165, 1.54) is 0 Å². The molecule has 7 nitrogen and oxygen atoms in total. The Labute approximate surface area is 152 Å². The van der Waals surface area contributed by atoms with Crippen LogP contribution in [0, 0.1) is 6.92 Å². The van der Waals surface area contributed by atoms with Gasteiger partial charge in [-0.2, -0.15) is 0 Å². The Morgan fingerprint density at radius 1 is 1.27 bits per heavy atom. The van der Waals surface area contributed by atoms with Crippen LogP contribution < -0.4 is 10.1 Å². The number of rotatable bonds is 7. The molecule has 0 saturated carbocycles. The molecule has 3 rings (SSSR count). The van der Waals surface area contributed by atoms with Gasteiger partial charge < -0.3 is 14.6 Å². The molecule has 1 N–H and O–H groups in total. The highest BCUT2D eigenvalue weighted by atomic mass is 16.5. The normalized spacial score (nSPS) is 11.8. The lowest BCUT2D eigenvalue weighted by atomic mass is 10.2. The van der Waals surface area contributed by atoms with E-state index in [9.17, 15) is 4.79 Å². The molecule has 0 aliphatic carbocycles. The van der Waals surface area contributed by atoms with Gasteiger partial charge in [0, 0.05) is 48.9 Å². The number of carbonyl (C=O) groups excluding carboxylic acids is 1. The first kappa shape index (κ1) is 17.6. The molecule has 0 aromatic carbocycles. The number of aryl methyl sites for hydroxylation is 1. The third-order valence-corrected chi connectivity index (χ3v) is 3.94. The molecule has 0 saturated heterocycles. The summed E-state index contributed by atoms with van der Waals surface area (Å²) in [4.78, 5) is 24.7. The predicted molar refractivity (Wildman–Crippen MR) is 96.7 cm³/mol. The van der Waals surface area contributed by atoms with Crippen molar-refractivity contribution < 1.29 is 9.53 Å². The number of pyridine rings is 2. The minimum atomic E-state index is -0.0435. The van der Waals surface area contributed by atoms with Crippen molar-refractivity contribution in [2.75, 3.05) is 0 Å². The van der Waals surface area contributed by atoms with Crippen LogP contribution in [0.2, 0.25) is 0 Å². The van der Waals surface area contributed by atoms with E-state index in [2.05, 4.69) is 20.3 Å². The van der Waals surface area contributed by atoms with Gasteiger partial charge in [0.25, 0.3) is 0 Å². The van der Waals surface area contributed by atoms with Gasteiger partial charge in [0.1, 0.15) is 5.75 Å². The maximum atomic E-state index is 12.2. The monoisotopic (exact) mass is 351 g/mol. The van der Waals surface area contributed by atoms with Crippen molar-refractivity contribution in [1.29, 1.82) is 0 Å². The lowest BCUT2D eigenvalue weighted by Gasteiger charge is -2.14. The molecule has 3 aromatic heterocycles. The van der Waals surface area contributed by atoms with Crippen LogP contribution in [0.15, 0.2) is 55.4 Å². The standard InChI is InChI=1S/C19H21N5O2/c1-14-5-6-17(12-22-14)26-19-16(4-3-7-21-19)11-23-18(25)10-15(2)24-9-8-20-13-24/h3-9,12-13,15H,10-11H2,1-2H3,(H,23,25)/t15-/m0/s1. The molecule has 0 aliphatic heterocycles. The maximum absolute atomic E-state index is 12.2. The number of amides is 1. The number of ether oxygens (including phenoxy) is 1. The summed E-state index contributed by atoms with van der Waals surface area (Å²) in [6, 6.07) is 7.45. The highest BCUT2D eigenvalue weighted by Gasteiger charge is 2.12. The fourth-order valence-electron chi connectivity index (χ4n) is 2.45. The molecular weight excluding hydrogens is 330 g/mol. The van der Waals surface area contributed by atoms with Gasteiger partial charge in [0.2, 0.25) is 11.8 Å². The molecule has 3 heterocycles. The zero-order valence-electron chi connectivity index (χ0n) is 14.8. The Morgan fingerprint density at radius 3 is 2.88 bits per heavy atom. The summed E-state index contributed by atoms with van der Waals surface area (Å²) in [6.45, 7) is 4.23. The number of aromatic nitrogens is 4. The van der Waals surface area contributed by atoms with Gasteiger partial charge >= 0.3 is 0 Å². The average Bonchev–Trinajstić information content (AvgIpc) is 3.18. The zero-order chi connectivity index (χ0) is 18.4. The first-order chi connectivity index (χ1) is 12.6. The third-order valence-electron chi connectivity index (χ3n) is 3.94. The van der Waals surface area contributed by atoms with E-state index in [1.54, 1.807) is 24.9 Å². The minimum absolute atomic E-state index is 0.0424. The number of hydrogen-bond acceptors (Lipinski definition) is 5. The van der Waals surface area contributed by atoms with Crippen molar-refractivity contribution in [3.63, 3.8) is 0 Å². The molecule has 7 heteroatoms. The van der Waals surface area contributed by atoms with E-state index in [0.29, 0.717) is 24.6 Å². The Balaban J connectivity index is 1.59. The van der Waals surface area contributed by atoms with Gasteiger partial charge in [-0.15, -0.1) is 0 Å². The van der Waals surface area contributed by atoms with Crippen LogP contribution in [0.25, 0.3) is 0 Å². The number of nitrogens with zero attached hydrogens (tertiary/aromatic N) is 4. The molecule has 0 bridgehead atoms. The second-order valence-electron chi connectivity index (χ2n) is 6.04. The van der Waals surface area contributed by atoms with Crippen molar-refractivity contribution >= 4 is 5.91 Å². The molecule has 134 valence electrons. The molecule has 0 aliphatic rings. The van der Waals surface area contributed by atoms with Gasteiger partial charge in [-0.1, -0.05) is 6.07 Å². The molecule has 0 fully saturated rings. The largest absolute Gasteiger partial charge is 0.437 e. The topological polar surface area (TPSA) is 81.9 Å². The highest BCUT2D eigenvalue weighted by Crippen LogP contribution is 2.22. The first-order valence-corrected chi connectivity index (χ1v) is 8.40. The number of carbonyl (C=O) groups is 1. The van der Waals surface area contributed by atoms with Crippen molar-refractivity contribution in [3.05, 3.63) is 66.6 Å². The van der Waals surface area contributed by atoms with E-state index in [-0.39, 0.29) is 11.9 Å². The summed E-state index contributed by atoms with van der Waals surface area (Å²) in [7, 11) is 0. The van der Waals surface area contributed by atoms with Crippen molar-refractivity contribution in [2.45, 2.75) is 32.9 Å². The number of nitrogens with one attached hydrogen (secondary N) is 1. The molecule has 1 amide bonds. The van der Waals surface area contributed by atoms with E-state index in [1.807, 2.05) is 48.9 Å². The first-order valence-electron chi connectivity index (χ1n) is 8.40. The smallest absolute Gasteiger partial charge is 0.224 e. The Bertz CT molecular complexity index is 847. The molecular formula is C19H21N5O2. The number of imidazole rings is 1. The molecule has 0 spiro atoms. The van der Waals surface area contributed by atoms with Crippen molar-refractivity contribution in [2.24, 2.45) is 0 Å². The van der Waals surface area contributed by atoms with Crippen LogP contribution in [0.1, 0.15) is 30.6 Å². The van der Waals surface area contributed by atoms with Gasteiger partial charge in [-0.25, -0.2) is 9.97 Å². The fraction of sp³-hybridized carbons (Fsp3) is 0.263. The molecule has 26 heavy (non-hydrogen) atoms. The summed E-state index contributed by atoms with van der Waals surface area (Å²) in [6.07, 6.45) is 8.94. The van der Waals surface area contributed by atoms with E-state index in [4.69, 9.17) is 4.74 Å². The molecule has 1 atom stereocenters. The predicted octanol–water partition coefficient (Wildman–Crippen LogP) is 3.04. The van der Waals surface area contributed by atoms with Gasteiger partial charge in [0.15, 0.2) is 0 Å². The lowest BCUT2D eigenvalue weighted by molar-refractivity contribution is -0.121. The number of hydrogen-bond donors (Lipinski definition) is 1. The second-order valence-corrected chi connectivity index (χ2v) is 6.04. The van der Waals surface area contributed by atoms with Crippen molar-refractivity contribution in [1.82, 2.24) is 24.8 Å². The van der Waals surface area contributed by atoms with Gasteiger partial charge in [-0.3, -0.25) is 9.78 Å². The highest BCUT2D eigenvalue weighted by molar-refractivity contribution is 5.76. The van der Waals surface area contributed by atoms with Gasteiger partial charge in [0.05, 0.1) is 12.5 Å². The van der Waals surface area contributed by atoms with E-state index >= 15 is 0 Å². The SMILES string of the molecule is Cc1ccc(Oc2ncccc2CNC(=O)C[C@H](C)n2ccnc2)cn1. The molecule has 0 radical (unpaired) electrons. The Morgan fingerprint density at radius 2 is 2.15 bits per heavy atom. The minimum Gasteiger partial charge on any atom is -0.437 e. The lowest BCUT2D eigenvalue weighted by Crippen LogP contribution is -2.25. The quantitative estimate of drug-likeness (QED) is 0.707. The van der Waals surface area contributed by atoms with Gasteiger partial charge in [-0.05, 0) is 32.0 Å². The average molecular weight is 351 g/mol. The van der Waals surface area contributed by atoms with Crippen LogP contribution in [0.5, 0.6) is 11.6 Å². The summed E-state index contributed by atoms with van der Waals surface area (Å²) >= 11 is 0. The zero-order valence-corrected chi connectivity index (χ0v) is 14.8. The summed E-state index contributed by atoms with van der Waals surface area (Å²) < 4.78 is 7.70. The van der Waals surface area contributed by atoms with Crippen LogP contribution >= 0.6 is 0 Å². The fourth-order valence-corrected chi connectivity index (χ4v) is 2.45. The molecule has 3 aromatic rings. The van der Waals surface area contributed by atoms with Crippen LogP contribution in [-0.4, -0.2) is 25.4 Å². The van der Waals surface area contributed by atoms with Crippen LogP contribution in [0.4, 0.5) is 0 Å².